The number of nitrogens with zero attached hydrogens (tertiary/aromatic N) is 3. The fraction of sp³-hybridized carbons (Fsp3) is 0.640. The Bertz CT molecular complexity index is 1390. The van der Waals surface area contributed by atoms with Gasteiger partial charge in [0, 0.05) is 43.1 Å². The Labute approximate surface area is 244 Å². The molecule has 42 heavy (non-hydrogen) atoms. The van der Waals surface area contributed by atoms with E-state index in [1.165, 1.54) is 18.5 Å². The van der Waals surface area contributed by atoms with Crippen molar-refractivity contribution in [1.29, 1.82) is 0 Å². The van der Waals surface area contributed by atoms with Crippen LogP contribution in [0.1, 0.15) is 56.9 Å². The Morgan fingerprint density at radius 2 is 1.95 bits per heavy atom. The zero-order valence-electron chi connectivity index (χ0n) is 23.3. The SMILES string of the molecule is CCn1nc(C(=O)NCC2CC[C@H](S(C)(=O)=O)C[C@H]2O)c(Cl)c1-c1cnc(NC(C)(C)CC(F)(F)F)cc1OC(F)F. The molecule has 2 heterocycles. The van der Waals surface area contributed by atoms with Crippen LogP contribution < -0.4 is 15.4 Å². The number of nitrogens with one attached hydrogen (secondary N) is 2. The average molecular weight is 646 g/mol. The predicted octanol–water partition coefficient (Wildman–Crippen LogP) is 4.67. The van der Waals surface area contributed by atoms with E-state index in [9.17, 15) is 40.3 Å². The molecular formula is C25H33ClF5N5O5S. The first-order valence-electron chi connectivity index (χ1n) is 13.0. The normalized spacial score (nSPS) is 20.0. The van der Waals surface area contributed by atoms with Crippen LogP contribution in [0.4, 0.5) is 27.8 Å². The third-order valence-electron chi connectivity index (χ3n) is 6.89. The summed E-state index contributed by atoms with van der Waals surface area (Å²) >= 11 is 6.51. The van der Waals surface area contributed by atoms with Crippen molar-refractivity contribution in [2.75, 3.05) is 18.1 Å². The molecule has 3 N–H and O–H groups in total. The number of amides is 1. The predicted molar refractivity (Wildman–Crippen MR) is 145 cm³/mol. The molecule has 3 atom stereocenters. The van der Waals surface area contributed by atoms with Crippen molar-refractivity contribution in [1.82, 2.24) is 20.1 Å². The zero-order valence-corrected chi connectivity index (χ0v) is 24.9. The number of carbonyl (C=O) groups excluding carboxylic acids is 1. The van der Waals surface area contributed by atoms with Gasteiger partial charge in [-0.1, -0.05) is 11.6 Å². The molecule has 0 bridgehead atoms. The molecular weight excluding hydrogens is 613 g/mol. The van der Waals surface area contributed by atoms with Crippen molar-refractivity contribution in [2.45, 2.75) is 82.7 Å². The molecule has 0 aliphatic heterocycles. The third kappa shape index (κ3) is 8.66. The van der Waals surface area contributed by atoms with Gasteiger partial charge in [-0.05, 0) is 40.0 Å². The Kier molecular flexibility index (Phi) is 10.4. The van der Waals surface area contributed by atoms with Gasteiger partial charge in [-0.15, -0.1) is 0 Å². The standard InChI is InChI=1S/C25H33ClF5N5O5S/c1-5-36-21(15-11-32-18(9-17(15)41-23(27)28)34-24(2,3)12-25(29,30)31)19(26)20(35-36)22(38)33-10-13-6-7-14(8-16(13)37)42(4,39)40/h9,11,13-14,16,23,37H,5-8,10,12H2,1-4H3,(H,32,34)(H,33,38)/t13?,14-,16+/m0/s1. The maximum Gasteiger partial charge on any atom is 0.391 e. The Morgan fingerprint density at radius 3 is 2.50 bits per heavy atom. The van der Waals surface area contributed by atoms with Crippen LogP contribution in [0.25, 0.3) is 11.3 Å². The van der Waals surface area contributed by atoms with E-state index in [0.29, 0.717) is 12.8 Å². The van der Waals surface area contributed by atoms with E-state index in [2.05, 4.69) is 25.5 Å². The molecule has 3 rings (SSSR count). The van der Waals surface area contributed by atoms with Crippen molar-refractivity contribution >= 4 is 33.2 Å². The minimum Gasteiger partial charge on any atom is -0.434 e. The Hall–Kier alpha value is -2.72. The summed E-state index contributed by atoms with van der Waals surface area (Å²) < 4.78 is 95.1. The lowest BCUT2D eigenvalue weighted by molar-refractivity contribution is -0.142. The van der Waals surface area contributed by atoms with Crippen molar-refractivity contribution < 1.29 is 45.0 Å². The number of anilines is 1. The van der Waals surface area contributed by atoms with Crippen LogP contribution in [0.5, 0.6) is 5.75 Å². The molecule has 2 aromatic rings. The number of alkyl halides is 5. The molecule has 0 spiro atoms. The first kappa shape index (κ1) is 33.8. The van der Waals surface area contributed by atoms with E-state index >= 15 is 0 Å². The molecule has 1 aliphatic rings. The summed E-state index contributed by atoms with van der Waals surface area (Å²) in [6, 6.07) is 1.01. The molecule has 236 valence electrons. The monoisotopic (exact) mass is 645 g/mol. The molecule has 1 unspecified atom stereocenters. The van der Waals surface area contributed by atoms with Gasteiger partial charge in [0.1, 0.15) is 21.4 Å². The van der Waals surface area contributed by atoms with Crippen LogP contribution >= 0.6 is 11.6 Å². The number of hydrogen-bond donors (Lipinski definition) is 3. The van der Waals surface area contributed by atoms with Gasteiger partial charge in [-0.25, -0.2) is 13.4 Å². The number of aromatic nitrogens is 3. The van der Waals surface area contributed by atoms with E-state index in [4.69, 9.17) is 11.6 Å². The molecule has 1 amide bonds. The van der Waals surface area contributed by atoms with E-state index in [0.717, 1.165) is 18.5 Å². The number of aliphatic hydroxyl groups is 1. The van der Waals surface area contributed by atoms with Crippen molar-refractivity contribution in [3.05, 3.63) is 23.0 Å². The second kappa shape index (κ2) is 12.9. The quantitative estimate of drug-likeness (QED) is 0.300. The van der Waals surface area contributed by atoms with Gasteiger partial charge in [0.15, 0.2) is 5.69 Å². The van der Waals surface area contributed by atoms with E-state index in [-0.39, 0.29) is 47.3 Å². The molecule has 2 aromatic heterocycles. The van der Waals surface area contributed by atoms with Gasteiger partial charge in [0.2, 0.25) is 0 Å². The molecule has 0 saturated heterocycles. The summed E-state index contributed by atoms with van der Waals surface area (Å²) in [7, 11) is -3.31. The van der Waals surface area contributed by atoms with Crippen LogP contribution in [-0.2, 0) is 16.4 Å². The average Bonchev–Trinajstić information content (AvgIpc) is 3.16. The summed E-state index contributed by atoms with van der Waals surface area (Å²) in [5, 5.41) is 18.9. The molecule has 0 radical (unpaired) electrons. The molecule has 10 nitrogen and oxygen atoms in total. The van der Waals surface area contributed by atoms with E-state index < -0.39 is 63.5 Å². The molecule has 1 aliphatic carbocycles. The number of aryl methyl sites for hydroxylation is 1. The third-order valence-corrected chi connectivity index (χ3v) is 8.89. The van der Waals surface area contributed by atoms with Gasteiger partial charge >= 0.3 is 12.8 Å². The molecule has 1 saturated carbocycles. The van der Waals surface area contributed by atoms with Gasteiger partial charge in [-0.3, -0.25) is 9.48 Å². The van der Waals surface area contributed by atoms with Crippen LogP contribution in [0.3, 0.4) is 0 Å². The van der Waals surface area contributed by atoms with Crippen LogP contribution in [0, 0.1) is 5.92 Å². The lowest BCUT2D eigenvalue weighted by atomic mass is 9.86. The van der Waals surface area contributed by atoms with E-state index in [1.807, 2.05) is 0 Å². The lowest BCUT2D eigenvalue weighted by Crippen LogP contribution is -2.41. The topological polar surface area (TPSA) is 135 Å². The minimum absolute atomic E-state index is 0.0104. The maximum absolute atomic E-state index is 13.3. The lowest BCUT2D eigenvalue weighted by Gasteiger charge is -2.32. The zero-order chi connectivity index (χ0) is 31.6. The highest BCUT2D eigenvalue weighted by atomic mass is 35.5. The van der Waals surface area contributed by atoms with Crippen LogP contribution in [0.2, 0.25) is 5.02 Å². The van der Waals surface area contributed by atoms with Crippen LogP contribution in [0.15, 0.2) is 12.3 Å². The van der Waals surface area contributed by atoms with Gasteiger partial charge in [-0.2, -0.15) is 27.1 Å². The number of hydrogen-bond acceptors (Lipinski definition) is 8. The fourth-order valence-electron chi connectivity index (χ4n) is 4.95. The minimum atomic E-state index is -4.50. The second-order valence-corrected chi connectivity index (χ2v) is 13.6. The largest absolute Gasteiger partial charge is 0.434 e. The van der Waals surface area contributed by atoms with Gasteiger partial charge in [0.25, 0.3) is 5.91 Å². The highest BCUT2D eigenvalue weighted by molar-refractivity contribution is 7.91. The van der Waals surface area contributed by atoms with Crippen LogP contribution in [-0.4, -0.2) is 76.7 Å². The highest BCUT2D eigenvalue weighted by Crippen LogP contribution is 2.39. The number of sulfone groups is 1. The first-order valence-corrected chi connectivity index (χ1v) is 15.4. The van der Waals surface area contributed by atoms with Crippen molar-refractivity contribution in [3.8, 4) is 17.0 Å². The van der Waals surface area contributed by atoms with E-state index in [1.54, 1.807) is 6.92 Å². The molecule has 17 heteroatoms. The van der Waals surface area contributed by atoms with Crippen molar-refractivity contribution in [3.63, 3.8) is 0 Å². The maximum atomic E-state index is 13.3. The first-order chi connectivity index (χ1) is 19.3. The second-order valence-electron chi connectivity index (χ2n) is 10.9. The number of rotatable bonds is 11. The molecule has 1 fully saturated rings. The van der Waals surface area contributed by atoms with Gasteiger partial charge < -0.3 is 20.5 Å². The number of halogens is 6. The fourth-order valence-corrected chi connectivity index (χ4v) is 6.38. The molecule has 0 aromatic carbocycles. The number of pyridine rings is 1. The summed E-state index contributed by atoms with van der Waals surface area (Å²) in [6.45, 7) is 1.05. The van der Waals surface area contributed by atoms with Gasteiger partial charge in [0.05, 0.1) is 34.1 Å². The Balaban J connectivity index is 1.86. The summed E-state index contributed by atoms with van der Waals surface area (Å²) in [4.78, 5) is 17.1. The smallest absolute Gasteiger partial charge is 0.391 e. The Morgan fingerprint density at radius 1 is 1.29 bits per heavy atom. The van der Waals surface area contributed by atoms with Crippen molar-refractivity contribution in [2.24, 2.45) is 5.92 Å². The summed E-state index contributed by atoms with van der Waals surface area (Å²) in [5.74, 6) is -1.75. The number of aliphatic hydroxyl groups excluding tert-OH is 1. The summed E-state index contributed by atoms with van der Waals surface area (Å²) in [6.07, 6.45) is -3.73. The number of carbonyl (C=O) groups is 1. The number of ether oxygens (including phenoxy) is 1. The summed E-state index contributed by atoms with van der Waals surface area (Å²) in [5.41, 5.74) is -1.84. The highest BCUT2D eigenvalue weighted by Gasteiger charge is 2.37.